The molecular weight excluding hydrogens is 399 g/mol. The van der Waals surface area contributed by atoms with Crippen molar-refractivity contribution in [1.29, 1.82) is 0 Å². The number of carbonyl (C=O) groups is 1. The Kier molecular flexibility index (Phi) is 9.92. The molecule has 160 valence electrons. The van der Waals surface area contributed by atoms with Gasteiger partial charge in [0.15, 0.2) is 5.78 Å². The Bertz CT molecular complexity index is 891. The van der Waals surface area contributed by atoms with E-state index in [4.69, 9.17) is 13.8 Å². The minimum absolute atomic E-state index is 0.00466. The van der Waals surface area contributed by atoms with Crippen molar-refractivity contribution in [3.63, 3.8) is 0 Å². The number of allylic oxidation sites excluding steroid dienone is 2. The number of carbonyl (C=O) groups excluding carboxylic acids is 1. The summed E-state index contributed by atoms with van der Waals surface area (Å²) in [5, 5.41) is 0. The highest BCUT2D eigenvalue weighted by molar-refractivity contribution is 7.57. The molecule has 2 aromatic rings. The first-order chi connectivity index (χ1) is 14.5. The van der Waals surface area contributed by atoms with Crippen LogP contribution in [0.25, 0.3) is 0 Å². The molecule has 2 rings (SSSR count). The van der Waals surface area contributed by atoms with Crippen LogP contribution >= 0.6 is 7.60 Å². The molecule has 0 spiro atoms. The van der Waals surface area contributed by atoms with Crippen molar-refractivity contribution < 1.29 is 23.1 Å². The number of benzene rings is 2. The van der Waals surface area contributed by atoms with Crippen LogP contribution in [0.4, 0.5) is 0 Å². The normalized spacial score (nSPS) is 12.4. The third-order valence-electron chi connectivity index (χ3n) is 4.12. The van der Waals surface area contributed by atoms with Gasteiger partial charge in [0.05, 0.1) is 26.4 Å². The average Bonchev–Trinajstić information content (AvgIpc) is 2.75. The monoisotopic (exact) mass is 428 g/mol. The largest absolute Gasteiger partial charge is 0.372 e. The Morgan fingerprint density at radius 1 is 0.933 bits per heavy atom. The lowest BCUT2D eigenvalue weighted by Gasteiger charge is -2.12. The van der Waals surface area contributed by atoms with Crippen molar-refractivity contribution in [2.75, 3.05) is 19.8 Å². The molecule has 0 radical (unpaired) electrons. The molecule has 0 aliphatic rings. The van der Waals surface area contributed by atoms with E-state index in [-0.39, 0.29) is 5.78 Å². The van der Waals surface area contributed by atoms with Crippen LogP contribution in [0.2, 0.25) is 0 Å². The third kappa shape index (κ3) is 7.85. The summed E-state index contributed by atoms with van der Waals surface area (Å²) in [6, 6.07) is 16.6. The molecule has 5 nitrogen and oxygen atoms in total. The summed E-state index contributed by atoms with van der Waals surface area (Å²) in [5.41, 5.74) is 3.29. The summed E-state index contributed by atoms with van der Waals surface area (Å²) in [6.45, 7) is 7.00. The van der Waals surface area contributed by atoms with Crippen molar-refractivity contribution in [1.82, 2.24) is 0 Å². The van der Waals surface area contributed by atoms with Crippen LogP contribution in [-0.4, -0.2) is 25.6 Å². The number of hydrogen-bond acceptors (Lipinski definition) is 5. The third-order valence-corrected chi connectivity index (χ3v) is 5.89. The van der Waals surface area contributed by atoms with Crippen LogP contribution in [0, 0.1) is 0 Å². The zero-order chi connectivity index (χ0) is 21.8. The lowest BCUT2D eigenvalue weighted by molar-refractivity contribution is 0.103. The standard InChI is InChI=1S/C24H29O5P/c1-4-28-30(26,29-5-2)17-9-10-20(3)18-27-19-21-13-15-23(16-14-21)24(25)22-11-7-6-8-12-22/h6-17H,4-5,18-19H2,1-3H3. The van der Waals surface area contributed by atoms with E-state index >= 15 is 0 Å². The SMILES string of the molecule is CCOP(=O)(C=CC=C(C)COCc1ccc(C(=O)c2ccccc2)cc1)OCC. The molecule has 0 heterocycles. The first-order valence-corrected chi connectivity index (χ1v) is 11.6. The number of rotatable bonds is 12. The minimum atomic E-state index is -3.18. The van der Waals surface area contributed by atoms with Gasteiger partial charge in [-0.1, -0.05) is 66.7 Å². The summed E-state index contributed by atoms with van der Waals surface area (Å²) in [4.78, 5) is 12.4. The van der Waals surface area contributed by atoms with Gasteiger partial charge in [0.2, 0.25) is 0 Å². The van der Waals surface area contributed by atoms with Gasteiger partial charge in [0, 0.05) is 16.9 Å². The number of hydrogen-bond donors (Lipinski definition) is 0. The summed E-state index contributed by atoms with van der Waals surface area (Å²) in [6.07, 6.45) is 3.50. The molecule has 6 heteroatoms. The quantitative estimate of drug-likeness (QED) is 0.230. The molecule has 0 aliphatic heterocycles. The Labute approximate surface area is 178 Å². The van der Waals surface area contributed by atoms with Crippen molar-refractivity contribution >= 4 is 13.4 Å². The maximum atomic E-state index is 12.4. The molecule has 0 aliphatic carbocycles. The molecule has 2 aromatic carbocycles. The maximum Gasteiger partial charge on any atom is 0.354 e. The molecule has 30 heavy (non-hydrogen) atoms. The molecule has 0 saturated heterocycles. The number of ketones is 1. The number of ether oxygens (including phenoxy) is 1. The van der Waals surface area contributed by atoms with Crippen LogP contribution in [0.5, 0.6) is 0 Å². The lowest BCUT2D eigenvalue weighted by Crippen LogP contribution is -2.02. The van der Waals surface area contributed by atoms with Gasteiger partial charge in [0.25, 0.3) is 0 Å². The zero-order valence-corrected chi connectivity index (χ0v) is 18.6. The highest BCUT2D eigenvalue weighted by Crippen LogP contribution is 2.49. The van der Waals surface area contributed by atoms with E-state index in [2.05, 4.69) is 0 Å². The Balaban J connectivity index is 1.84. The van der Waals surface area contributed by atoms with Crippen LogP contribution < -0.4 is 0 Å². The first kappa shape index (κ1) is 24.0. The smallest absolute Gasteiger partial charge is 0.354 e. The fourth-order valence-electron chi connectivity index (χ4n) is 2.68. The average molecular weight is 428 g/mol. The summed E-state index contributed by atoms with van der Waals surface area (Å²) < 4.78 is 28.5. The molecule has 0 fully saturated rings. The molecule has 0 amide bonds. The molecule has 0 aromatic heterocycles. The first-order valence-electron chi connectivity index (χ1n) is 9.97. The summed E-state index contributed by atoms with van der Waals surface area (Å²) in [7, 11) is -3.18. The van der Waals surface area contributed by atoms with Crippen molar-refractivity contribution in [3.8, 4) is 0 Å². The van der Waals surface area contributed by atoms with E-state index in [1.54, 1.807) is 19.9 Å². The van der Waals surface area contributed by atoms with E-state index in [1.807, 2.05) is 67.6 Å². The summed E-state index contributed by atoms with van der Waals surface area (Å²) >= 11 is 0. The highest BCUT2D eigenvalue weighted by atomic mass is 31.2. The topological polar surface area (TPSA) is 61.8 Å². The molecule has 0 N–H and O–H groups in total. The zero-order valence-electron chi connectivity index (χ0n) is 17.7. The predicted molar refractivity (Wildman–Crippen MR) is 120 cm³/mol. The molecule has 0 unspecified atom stereocenters. The molecule has 0 atom stereocenters. The van der Waals surface area contributed by atoms with Crippen LogP contribution in [0.1, 0.15) is 42.3 Å². The van der Waals surface area contributed by atoms with Gasteiger partial charge in [-0.05, 0) is 31.9 Å². The van der Waals surface area contributed by atoms with Crippen molar-refractivity contribution in [2.24, 2.45) is 0 Å². The lowest BCUT2D eigenvalue weighted by atomic mass is 10.0. The molecular formula is C24H29O5P. The van der Waals surface area contributed by atoms with E-state index in [9.17, 15) is 9.36 Å². The van der Waals surface area contributed by atoms with Crippen molar-refractivity contribution in [3.05, 3.63) is 94.8 Å². The van der Waals surface area contributed by atoms with E-state index in [0.717, 1.165) is 11.1 Å². The fourth-order valence-corrected chi connectivity index (χ4v) is 3.95. The van der Waals surface area contributed by atoms with Gasteiger partial charge < -0.3 is 13.8 Å². The van der Waals surface area contributed by atoms with Gasteiger partial charge in [-0.3, -0.25) is 9.36 Å². The Morgan fingerprint density at radius 3 is 2.13 bits per heavy atom. The van der Waals surface area contributed by atoms with Crippen LogP contribution in [0.3, 0.4) is 0 Å². The van der Waals surface area contributed by atoms with Crippen LogP contribution in [0.15, 0.2) is 78.1 Å². The second-order valence-corrected chi connectivity index (χ2v) is 8.51. The van der Waals surface area contributed by atoms with Gasteiger partial charge in [-0.2, -0.15) is 0 Å². The fraction of sp³-hybridized carbons (Fsp3) is 0.292. The highest BCUT2D eigenvalue weighted by Gasteiger charge is 2.18. The van der Waals surface area contributed by atoms with Gasteiger partial charge in [-0.15, -0.1) is 0 Å². The van der Waals surface area contributed by atoms with Gasteiger partial charge in [0.1, 0.15) is 0 Å². The van der Waals surface area contributed by atoms with Gasteiger partial charge >= 0.3 is 7.60 Å². The maximum absolute atomic E-state index is 12.4. The minimum Gasteiger partial charge on any atom is -0.372 e. The second kappa shape index (κ2) is 12.4. The summed E-state index contributed by atoms with van der Waals surface area (Å²) in [5.74, 6) is 1.47. The molecule has 0 saturated carbocycles. The van der Waals surface area contributed by atoms with Crippen molar-refractivity contribution in [2.45, 2.75) is 27.4 Å². The Morgan fingerprint density at radius 2 is 1.53 bits per heavy atom. The van der Waals surface area contributed by atoms with Gasteiger partial charge in [-0.25, -0.2) is 0 Å². The van der Waals surface area contributed by atoms with E-state index in [1.165, 1.54) is 5.82 Å². The predicted octanol–water partition coefficient (Wildman–Crippen LogP) is 6.16. The van der Waals surface area contributed by atoms with E-state index < -0.39 is 7.60 Å². The van der Waals surface area contributed by atoms with Crippen LogP contribution in [-0.2, 0) is 25.0 Å². The second-order valence-electron chi connectivity index (χ2n) is 6.61. The Hall–Kier alpha value is -2.30. The molecule has 0 bridgehead atoms. The van der Waals surface area contributed by atoms with E-state index in [0.29, 0.717) is 37.6 Å².